The lowest BCUT2D eigenvalue weighted by Gasteiger charge is -2.06. The van der Waals surface area contributed by atoms with Crippen molar-refractivity contribution in [2.24, 2.45) is 5.73 Å². The third-order valence-corrected chi connectivity index (χ3v) is 8.43. The van der Waals surface area contributed by atoms with E-state index in [4.69, 9.17) is 5.73 Å². The standard InChI is InChI=1S/C36H72N2O2/c1-2-3-4-5-6-7-8-9-10-13-16-19-22-25-28-31-34-38-36(40)33-30-27-24-21-18-15-12-11-14-17-20-23-26-29-32-35(37)39/h2-34H2,1H3,(H2,37,39)(H,38,40). The van der Waals surface area contributed by atoms with Crippen LogP contribution < -0.4 is 11.1 Å². The highest BCUT2D eigenvalue weighted by Gasteiger charge is 2.01. The number of primary amides is 1. The average molecular weight is 565 g/mol. The minimum absolute atomic E-state index is 0.165. The minimum atomic E-state index is -0.165. The molecule has 0 atom stereocenters. The Bertz CT molecular complexity index is 523. The molecule has 0 aliphatic carbocycles. The van der Waals surface area contributed by atoms with E-state index in [1.165, 1.54) is 167 Å². The molecular weight excluding hydrogens is 492 g/mol. The minimum Gasteiger partial charge on any atom is -0.370 e. The van der Waals surface area contributed by atoms with Gasteiger partial charge in [-0.1, -0.05) is 180 Å². The van der Waals surface area contributed by atoms with Gasteiger partial charge in [0, 0.05) is 19.4 Å². The number of carbonyl (C=O) groups excluding carboxylic acids is 2. The van der Waals surface area contributed by atoms with E-state index in [1.807, 2.05) is 0 Å². The Hall–Kier alpha value is -1.06. The lowest BCUT2D eigenvalue weighted by molar-refractivity contribution is -0.121. The lowest BCUT2D eigenvalue weighted by Crippen LogP contribution is -2.23. The first-order chi connectivity index (χ1) is 19.7. The lowest BCUT2D eigenvalue weighted by atomic mass is 10.0. The summed E-state index contributed by atoms with van der Waals surface area (Å²) < 4.78 is 0. The molecular formula is C36H72N2O2. The predicted octanol–water partition coefficient (Wildman–Crippen LogP) is 11.1. The van der Waals surface area contributed by atoms with Crippen molar-refractivity contribution in [2.75, 3.05) is 6.54 Å². The number of amides is 2. The Morgan fingerprint density at radius 2 is 0.675 bits per heavy atom. The maximum absolute atomic E-state index is 12.0. The average Bonchev–Trinajstić information content (AvgIpc) is 2.94. The summed E-state index contributed by atoms with van der Waals surface area (Å²) in [5, 5.41) is 3.13. The fourth-order valence-corrected chi connectivity index (χ4v) is 5.70. The molecule has 0 unspecified atom stereocenters. The number of nitrogens with two attached hydrogens (primary N) is 1. The SMILES string of the molecule is CCCCCCCCCCCCCCCCCCNC(=O)CCCCCCCCCCCCCCCCC(N)=O. The molecule has 0 aromatic carbocycles. The number of unbranched alkanes of at least 4 members (excludes halogenated alkanes) is 28. The number of carbonyl (C=O) groups is 2. The van der Waals surface area contributed by atoms with E-state index in [1.54, 1.807) is 0 Å². The van der Waals surface area contributed by atoms with Crippen LogP contribution in [0, 0.1) is 0 Å². The Balaban J connectivity index is 3.15. The van der Waals surface area contributed by atoms with Gasteiger partial charge in [0.25, 0.3) is 0 Å². The maximum atomic E-state index is 12.0. The molecule has 2 amide bonds. The van der Waals surface area contributed by atoms with Gasteiger partial charge >= 0.3 is 0 Å². The monoisotopic (exact) mass is 565 g/mol. The van der Waals surface area contributed by atoms with Gasteiger partial charge in [-0.15, -0.1) is 0 Å². The zero-order valence-corrected chi connectivity index (χ0v) is 27.2. The van der Waals surface area contributed by atoms with Gasteiger partial charge in [0.1, 0.15) is 0 Å². The zero-order chi connectivity index (χ0) is 29.2. The van der Waals surface area contributed by atoms with Crippen molar-refractivity contribution in [1.82, 2.24) is 5.32 Å². The van der Waals surface area contributed by atoms with Crippen molar-refractivity contribution < 1.29 is 9.59 Å². The number of hydrogen-bond acceptors (Lipinski definition) is 2. The summed E-state index contributed by atoms with van der Waals surface area (Å²) in [7, 11) is 0. The molecule has 4 nitrogen and oxygen atoms in total. The van der Waals surface area contributed by atoms with Crippen LogP contribution in [0.4, 0.5) is 0 Å². The van der Waals surface area contributed by atoms with Crippen LogP contribution in [0.2, 0.25) is 0 Å². The molecule has 0 aromatic heterocycles. The summed E-state index contributed by atoms with van der Waals surface area (Å²) in [4.78, 5) is 22.7. The molecule has 0 bridgehead atoms. The fourth-order valence-electron chi connectivity index (χ4n) is 5.70. The van der Waals surface area contributed by atoms with E-state index >= 15 is 0 Å². The highest BCUT2D eigenvalue weighted by atomic mass is 16.1. The number of nitrogens with one attached hydrogen (secondary N) is 1. The van der Waals surface area contributed by atoms with Gasteiger partial charge in [-0.05, 0) is 19.3 Å². The van der Waals surface area contributed by atoms with Gasteiger partial charge in [0.2, 0.25) is 11.8 Å². The van der Waals surface area contributed by atoms with Crippen molar-refractivity contribution in [3.05, 3.63) is 0 Å². The van der Waals surface area contributed by atoms with Crippen LogP contribution in [-0.4, -0.2) is 18.4 Å². The molecule has 0 aromatic rings. The smallest absolute Gasteiger partial charge is 0.219 e. The summed E-state index contributed by atoms with van der Waals surface area (Å²) in [6, 6.07) is 0. The normalized spacial score (nSPS) is 11.2. The highest BCUT2D eigenvalue weighted by molar-refractivity contribution is 5.75. The molecule has 3 N–H and O–H groups in total. The molecule has 0 rings (SSSR count). The topological polar surface area (TPSA) is 72.2 Å². The van der Waals surface area contributed by atoms with E-state index in [2.05, 4.69) is 12.2 Å². The Labute approximate surface area is 251 Å². The van der Waals surface area contributed by atoms with Gasteiger partial charge in [0.15, 0.2) is 0 Å². The largest absolute Gasteiger partial charge is 0.370 e. The molecule has 0 heterocycles. The molecule has 0 spiro atoms. The Kier molecular flexibility index (Phi) is 33.2. The third kappa shape index (κ3) is 35.0. The molecule has 40 heavy (non-hydrogen) atoms. The number of hydrogen-bond donors (Lipinski definition) is 2. The van der Waals surface area contributed by atoms with Crippen LogP contribution in [0.3, 0.4) is 0 Å². The summed E-state index contributed by atoms with van der Waals surface area (Å²) in [5.41, 5.74) is 5.16. The van der Waals surface area contributed by atoms with Gasteiger partial charge in [-0.25, -0.2) is 0 Å². The van der Waals surface area contributed by atoms with Crippen molar-refractivity contribution >= 4 is 11.8 Å². The molecule has 0 radical (unpaired) electrons. The molecule has 0 aliphatic rings. The van der Waals surface area contributed by atoms with E-state index in [9.17, 15) is 9.59 Å². The van der Waals surface area contributed by atoms with Crippen molar-refractivity contribution in [3.8, 4) is 0 Å². The van der Waals surface area contributed by atoms with E-state index in [0.717, 1.165) is 32.2 Å². The van der Waals surface area contributed by atoms with Crippen molar-refractivity contribution in [1.29, 1.82) is 0 Å². The highest BCUT2D eigenvalue weighted by Crippen LogP contribution is 2.15. The molecule has 0 fully saturated rings. The van der Waals surface area contributed by atoms with E-state index < -0.39 is 0 Å². The van der Waals surface area contributed by atoms with E-state index in [0.29, 0.717) is 12.8 Å². The van der Waals surface area contributed by atoms with Crippen molar-refractivity contribution in [2.45, 2.75) is 212 Å². The first kappa shape index (κ1) is 38.9. The van der Waals surface area contributed by atoms with Crippen LogP contribution in [0.25, 0.3) is 0 Å². The van der Waals surface area contributed by atoms with Crippen LogP contribution >= 0.6 is 0 Å². The summed E-state index contributed by atoms with van der Waals surface area (Å²) in [6.45, 7) is 3.16. The molecule has 0 aliphatic heterocycles. The second-order valence-electron chi connectivity index (χ2n) is 12.6. The van der Waals surface area contributed by atoms with Crippen LogP contribution in [0.5, 0.6) is 0 Å². The second-order valence-corrected chi connectivity index (χ2v) is 12.6. The first-order valence-corrected chi connectivity index (χ1v) is 18.2. The summed E-state index contributed by atoms with van der Waals surface area (Å²) in [6.07, 6.45) is 41.1. The number of rotatable bonds is 34. The summed E-state index contributed by atoms with van der Waals surface area (Å²) in [5.74, 6) is 0.0928. The Morgan fingerprint density at radius 1 is 0.400 bits per heavy atom. The first-order valence-electron chi connectivity index (χ1n) is 18.2. The van der Waals surface area contributed by atoms with Gasteiger partial charge in [0.05, 0.1) is 0 Å². The van der Waals surface area contributed by atoms with Gasteiger partial charge in [-0.3, -0.25) is 9.59 Å². The zero-order valence-electron chi connectivity index (χ0n) is 27.2. The molecule has 0 saturated carbocycles. The quantitative estimate of drug-likeness (QED) is 0.0763. The maximum Gasteiger partial charge on any atom is 0.219 e. The van der Waals surface area contributed by atoms with Crippen LogP contribution in [0.15, 0.2) is 0 Å². The van der Waals surface area contributed by atoms with Crippen LogP contribution in [0.1, 0.15) is 212 Å². The van der Waals surface area contributed by atoms with Gasteiger partial charge < -0.3 is 11.1 Å². The second kappa shape index (κ2) is 34.1. The molecule has 4 heteroatoms. The van der Waals surface area contributed by atoms with Crippen LogP contribution in [-0.2, 0) is 9.59 Å². The fraction of sp³-hybridized carbons (Fsp3) is 0.944. The Morgan fingerprint density at radius 3 is 1.00 bits per heavy atom. The van der Waals surface area contributed by atoms with Gasteiger partial charge in [-0.2, -0.15) is 0 Å². The summed E-state index contributed by atoms with van der Waals surface area (Å²) >= 11 is 0. The third-order valence-electron chi connectivity index (χ3n) is 8.43. The van der Waals surface area contributed by atoms with E-state index in [-0.39, 0.29) is 11.8 Å². The van der Waals surface area contributed by atoms with Crippen molar-refractivity contribution in [3.63, 3.8) is 0 Å². The predicted molar refractivity (Wildman–Crippen MR) is 176 cm³/mol. The molecule has 238 valence electrons. The molecule has 0 saturated heterocycles.